The highest BCUT2D eigenvalue weighted by molar-refractivity contribution is 8.02. The summed E-state index contributed by atoms with van der Waals surface area (Å²) in [6.07, 6.45) is 3.43. The Morgan fingerprint density at radius 3 is 2.52 bits per heavy atom. The minimum Gasteiger partial charge on any atom is -0.319 e. The first-order valence-electron chi connectivity index (χ1n) is 7.73. The van der Waals surface area contributed by atoms with Crippen LogP contribution in [0.5, 0.6) is 0 Å². The Balaban J connectivity index is 1.94. The van der Waals surface area contributed by atoms with Crippen molar-refractivity contribution in [2.75, 3.05) is 0 Å². The van der Waals surface area contributed by atoms with Crippen LogP contribution >= 0.6 is 11.8 Å². The molecule has 3 rings (SSSR count). The van der Waals surface area contributed by atoms with E-state index in [4.69, 9.17) is 0 Å². The lowest BCUT2D eigenvalue weighted by molar-refractivity contribution is -0.126. The van der Waals surface area contributed by atoms with E-state index < -0.39 is 11.3 Å². The van der Waals surface area contributed by atoms with Crippen LogP contribution in [-0.4, -0.2) is 5.91 Å². The van der Waals surface area contributed by atoms with E-state index in [1.54, 1.807) is 0 Å². The van der Waals surface area contributed by atoms with Crippen LogP contribution in [0.25, 0.3) is 0 Å². The zero-order chi connectivity index (χ0) is 16.3. The summed E-state index contributed by atoms with van der Waals surface area (Å²) in [6.45, 7) is 0. The van der Waals surface area contributed by atoms with E-state index in [-0.39, 0.29) is 5.91 Å². The maximum Gasteiger partial charge on any atom is 0.243 e. The van der Waals surface area contributed by atoms with Gasteiger partial charge in [-0.1, -0.05) is 43.2 Å². The van der Waals surface area contributed by atoms with Crippen LogP contribution in [0.15, 0.2) is 40.9 Å². The van der Waals surface area contributed by atoms with Crippen LogP contribution in [0.1, 0.15) is 31.2 Å². The van der Waals surface area contributed by atoms with E-state index >= 15 is 0 Å². The molecule has 1 aromatic carbocycles. The Bertz CT molecular complexity index is 721. The van der Waals surface area contributed by atoms with Gasteiger partial charge in [0.1, 0.15) is 5.92 Å². The van der Waals surface area contributed by atoms with Gasteiger partial charge in [0.15, 0.2) is 0 Å². The van der Waals surface area contributed by atoms with E-state index in [0.29, 0.717) is 16.4 Å². The van der Waals surface area contributed by atoms with Crippen molar-refractivity contribution in [3.8, 4) is 12.1 Å². The topological polar surface area (TPSA) is 76.7 Å². The first kappa shape index (κ1) is 15.6. The third kappa shape index (κ3) is 2.73. The summed E-state index contributed by atoms with van der Waals surface area (Å²) in [5.74, 6) is -0.320. The number of carbonyl (C=O) groups excluding carboxylic acids is 1. The van der Waals surface area contributed by atoms with Crippen LogP contribution in [0, 0.1) is 34.0 Å². The predicted octanol–water partition coefficient (Wildman–Crippen LogP) is 3.48. The SMILES string of the molecule is N#CC1=C(SCc2ccccc2)NC(=O)[C@H](C#N)C12CCCC2. The van der Waals surface area contributed by atoms with Gasteiger partial charge in [0.05, 0.1) is 22.7 Å². The normalized spacial score (nSPS) is 22.5. The van der Waals surface area contributed by atoms with E-state index in [0.717, 1.165) is 31.2 Å². The fraction of sp³-hybridized carbons (Fsp3) is 0.389. The molecule has 1 saturated carbocycles. The maximum atomic E-state index is 12.4. The molecule has 0 bridgehead atoms. The average molecular weight is 323 g/mol. The fourth-order valence-corrected chi connectivity index (χ4v) is 4.66. The van der Waals surface area contributed by atoms with Gasteiger partial charge in [-0.25, -0.2) is 0 Å². The summed E-state index contributed by atoms with van der Waals surface area (Å²) in [6, 6.07) is 14.4. The summed E-state index contributed by atoms with van der Waals surface area (Å²) in [4.78, 5) is 12.4. The summed E-state index contributed by atoms with van der Waals surface area (Å²) in [5.41, 5.74) is 1.16. The molecule has 0 unspecified atom stereocenters. The molecule has 1 heterocycles. The Morgan fingerprint density at radius 2 is 1.91 bits per heavy atom. The van der Waals surface area contributed by atoms with Crippen LogP contribution in [0.3, 0.4) is 0 Å². The number of hydrogen-bond acceptors (Lipinski definition) is 4. The van der Waals surface area contributed by atoms with Gasteiger partial charge in [-0.3, -0.25) is 4.79 Å². The minimum atomic E-state index is -0.749. The Morgan fingerprint density at radius 1 is 1.22 bits per heavy atom. The quantitative estimate of drug-likeness (QED) is 0.924. The highest BCUT2D eigenvalue weighted by Gasteiger charge is 2.52. The van der Waals surface area contributed by atoms with Gasteiger partial charge in [-0.05, 0) is 18.4 Å². The van der Waals surface area contributed by atoms with Crippen LogP contribution in [-0.2, 0) is 10.5 Å². The van der Waals surface area contributed by atoms with Gasteiger partial charge >= 0.3 is 0 Å². The lowest BCUT2D eigenvalue weighted by Gasteiger charge is -2.37. The van der Waals surface area contributed by atoms with Gasteiger partial charge in [0, 0.05) is 11.2 Å². The first-order valence-corrected chi connectivity index (χ1v) is 8.72. The molecule has 1 spiro atoms. The number of nitrogens with zero attached hydrogens (tertiary/aromatic N) is 2. The molecular formula is C18H17N3OS. The second-order valence-electron chi connectivity index (χ2n) is 6.00. The van der Waals surface area contributed by atoms with Gasteiger partial charge in [-0.15, -0.1) is 11.8 Å². The highest BCUT2D eigenvalue weighted by atomic mass is 32.2. The van der Waals surface area contributed by atoms with E-state index in [1.165, 1.54) is 11.8 Å². The number of carbonyl (C=O) groups is 1. The second-order valence-corrected chi connectivity index (χ2v) is 6.99. The molecular weight excluding hydrogens is 306 g/mol. The molecule has 1 aliphatic carbocycles. The van der Waals surface area contributed by atoms with E-state index in [2.05, 4.69) is 17.5 Å². The van der Waals surface area contributed by atoms with E-state index in [9.17, 15) is 15.3 Å². The molecule has 1 atom stereocenters. The maximum absolute atomic E-state index is 12.4. The third-order valence-corrected chi connectivity index (χ3v) is 5.81. The first-order chi connectivity index (χ1) is 11.2. The molecule has 2 aliphatic rings. The van der Waals surface area contributed by atoms with Crippen molar-refractivity contribution in [3.63, 3.8) is 0 Å². The number of hydrogen-bond donors (Lipinski definition) is 1. The molecule has 4 nitrogen and oxygen atoms in total. The fourth-order valence-electron chi connectivity index (χ4n) is 3.59. The molecule has 23 heavy (non-hydrogen) atoms. The molecule has 0 radical (unpaired) electrons. The van der Waals surface area contributed by atoms with Crippen molar-refractivity contribution in [1.29, 1.82) is 10.5 Å². The van der Waals surface area contributed by atoms with Crippen LogP contribution in [0.4, 0.5) is 0 Å². The number of allylic oxidation sites excluding steroid dienone is 1. The lowest BCUT2D eigenvalue weighted by Crippen LogP contribution is -2.46. The minimum absolute atomic E-state index is 0.260. The molecule has 0 aromatic heterocycles. The zero-order valence-electron chi connectivity index (χ0n) is 12.7. The van der Waals surface area contributed by atoms with Crippen LogP contribution in [0.2, 0.25) is 0 Å². The van der Waals surface area contributed by atoms with Gasteiger partial charge in [0.25, 0.3) is 0 Å². The number of thioether (sulfide) groups is 1. The van der Waals surface area contributed by atoms with Crippen LogP contribution < -0.4 is 5.32 Å². The Labute approximate surface area is 140 Å². The highest BCUT2D eigenvalue weighted by Crippen LogP contribution is 2.53. The summed E-state index contributed by atoms with van der Waals surface area (Å²) in [5, 5.41) is 22.6. The summed E-state index contributed by atoms with van der Waals surface area (Å²) >= 11 is 1.48. The number of nitrogens with one attached hydrogen (secondary N) is 1. The van der Waals surface area contributed by atoms with Gasteiger partial charge in [-0.2, -0.15) is 10.5 Å². The monoisotopic (exact) mass is 323 g/mol. The molecule has 1 aliphatic heterocycles. The smallest absolute Gasteiger partial charge is 0.243 e. The van der Waals surface area contributed by atoms with Crippen molar-refractivity contribution in [2.24, 2.45) is 11.3 Å². The number of benzene rings is 1. The standard InChI is InChI=1S/C18H17N3OS/c19-10-14-16(22)21-17(23-12-13-6-2-1-3-7-13)15(11-20)18(14)8-4-5-9-18/h1-3,6-7,14H,4-5,8-9,12H2,(H,21,22)/t14-/m0/s1. The molecule has 116 valence electrons. The van der Waals surface area contributed by atoms with Gasteiger partial charge < -0.3 is 5.32 Å². The van der Waals surface area contributed by atoms with Crippen molar-refractivity contribution < 1.29 is 4.79 Å². The summed E-state index contributed by atoms with van der Waals surface area (Å²) < 4.78 is 0. The predicted molar refractivity (Wildman–Crippen MR) is 88.5 cm³/mol. The molecule has 5 heteroatoms. The molecule has 0 saturated heterocycles. The third-order valence-electron chi connectivity index (χ3n) is 4.74. The largest absolute Gasteiger partial charge is 0.319 e. The van der Waals surface area contributed by atoms with E-state index in [1.807, 2.05) is 30.3 Å². The number of rotatable bonds is 3. The molecule has 1 aromatic rings. The van der Waals surface area contributed by atoms with Crippen molar-refractivity contribution in [2.45, 2.75) is 31.4 Å². The average Bonchev–Trinajstić information content (AvgIpc) is 3.04. The number of amides is 1. The second kappa shape index (κ2) is 6.48. The summed E-state index contributed by atoms with van der Waals surface area (Å²) in [7, 11) is 0. The van der Waals surface area contributed by atoms with Gasteiger partial charge in [0.2, 0.25) is 5.91 Å². The Hall–Kier alpha value is -2.24. The molecule has 1 amide bonds. The van der Waals surface area contributed by atoms with Crippen molar-refractivity contribution >= 4 is 17.7 Å². The Kier molecular flexibility index (Phi) is 4.41. The lowest BCUT2D eigenvalue weighted by atomic mass is 9.67. The molecule has 1 N–H and O–H groups in total. The number of nitriles is 2. The van der Waals surface area contributed by atoms with Crippen molar-refractivity contribution in [1.82, 2.24) is 5.32 Å². The van der Waals surface area contributed by atoms with Crippen molar-refractivity contribution in [3.05, 3.63) is 46.5 Å². The zero-order valence-corrected chi connectivity index (χ0v) is 13.5. The molecule has 1 fully saturated rings.